The van der Waals surface area contributed by atoms with Gasteiger partial charge in [-0.3, -0.25) is 0 Å². The van der Waals surface area contributed by atoms with E-state index in [1.54, 1.807) is 0 Å². The first-order valence-electron chi connectivity index (χ1n) is 8.03. The zero-order chi connectivity index (χ0) is 19.2. The summed E-state index contributed by atoms with van der Waals surface area (Å²) in [5, 5.41) is 7.35. The number of hydrogen-bond acceptors (Lipinski definition) is 2. The molecule has 2 aromatic carbocycles. The third-order valence-electron chi connectivity index (χ3n) is 3.63. The minimum Gasteiger partial charge on any atom is -0.206 e. The van der Waals surface area contributed by atoms with Gasteiger partial charge in [-0.1, -0.05) is 37.6 Å². The van der Waals surface area contributed by atoms with E-state index in [1.807, 2.05) is 24.3 Å². The maximum atomic E-state index is 13.4. The van der Waals surface area contributed by atoms with Crippen molar-refractivity contribution in [3.63, 3.8) is 0 Å². The van der Waals surface area contributed by atoms with Crippen molar-refractivity contribution in [3.8, 4) is 0 Å². The Bertz CT molecular complexity index is 770. The summed E-state index contributed by atoms with van der Waals surface area (Å²) in [5.74, 6) is -3.38. The monoisotopic (exact) mass is 368 g/mol. The van der Waals surface area contributed by atoms with Crippen LogP contribution in [-0.2, 0) is 12.6 Å². The standard InChI is InChI=1S/C19H17F5N2/c1-2-3-4-13-5-7-14(8-6-13)11-25-26-12-15-9-16(20)18(17(21)10-15)19(22,23)24/h5-12H,2-4H2,1H3/b25-11+,26-12+. The predicted molar refractivity (Wildman–Crippen MR) is 91.6 cm³/mol. The van der Waals surface area contributed by atoms with Crippen LogP contribution in [0.15, 0.2) is 46.6 Å². The molecule has 0 aromatic heterocycles. The summed E-state index contributed by atoms with van der Waals surface area (Å²) in [6, 6.07) is 8.80. The van der Waals surface area contributed by atoms with Gasteiger partial charge in [0.05, 0.1) is 12.4 Å². The third kappa shape index (κ3) is 5.47. The molecule has 0 saturated carbocycles. The quantitative estimate of drug-likeness (QED) is 0.351. The zero-order valence-corrected chi connectivity index (χ0v) is 14.0. The minimum absolute atomic E-state index is 0.153. The van der Waals surface area contributed by atoms with E-state index in [2.05, 4.69) is 17.1 Å². The smallest absolute Gasteiger partial charge is 0.206 e. The van der Waals surface area contributed by atoms with Gasteiger partial charge in [-0.15, -0.1) is 0 Å². The van der Waals surface area contributed by atoms with Gasteiger partial charge in [-0.2, -0.15) is 23.4 Å². The van der Waals surface area contributed by atoms with E-state index in [4.69, 9.17) is 0 Å². The van der Waals surface area contributed by atoms with E-state index in [9.17, 15) is 22.0 Å². The van der Waals surface area contributed by atoms with Gasteiger partial charge in [-0.05, 0) is 36.1 Å². The molecule has 0 bridgehead atoms. The Morgan fingerprint density at radius 1 is 0.885 bits per heavy atom. The van der Waals surface area contributed by atoms with Crippen LogP contribution in [0.1, 0.15) is 42.0 Å². The first-order chi connectivity index (χ1) is 12.3. The molecule has 0 atom stereocenters. The highest BCUT2D eigenvalue weighted by atomic mass is 19.4. The molecule has 7 heteroatoms. The molecule has 0 heterocycles. The second-order valence-corrected chi connectivity index (χ2v) is 5.69. The molecule has 0 aliphatic carbocycles. The van der Waals surface area contributed by atoms with Gasteiger partial charge < -0.3 is 0 Å². The average molecular weight is 368 g/mol. The summed E-state index contributed by atoms with van der Waals surface area (Å²) in [6.07, 6.45) is 0.554. The van der Waals surface area contributed by atoms with Crippen LogP contribution < -0.4 is 0 Å². The molecule has 0 N–H and O–H groups in total. The van der Waals surface area contributed by atoms with Crippen molar-refractivity contribution in [1.29, 1.82) is 0 Å². The average Bonchev–Trinajstić information content (AvgIpc) is 2.56. The summed E-state index contributed by atoms with van der Waals surface area (Å²) in [4.78, 5) is 0. The van der Waals surface area contributed by atoms with Crippen LogP contribution in [-0.4, -0.2) is 12.4 Å². The SMILES string of the molecule is CCCCc1ccc(/C=N/N=C/c2cc(F)c(C(F)(F)F)c(F)c2)cc1. The fraction of sp³-hybridized carbons (Fsp3) is 0.263. The molecule has 0 spiro atoms. The Kier molecular flexibility index (Phi) is 6.60. The summed E-state index contributed by atoms with van der Waals surface area (Å²) in [6.45, 7) is 2.12. The number of hydrogen-bond donors (Lipinski definition) is 0. The van der Waals surface area contributed by atoms with Crippen LogP contribution >= 0.6 is 0 Å². The molecular weight excluding hydrogens is 351 g/mol. The Labute approximate surface area is 148 Å². The second-order valence-electron chi connectivity index (χ2n) is 5.69. The molecule has 0 fully saturated rings. The summed E-state index contributed by atoms with van der Waals surface area (Å²) >= 11 is 0. The lowest BCUT2D eigenvalue weighted by Gasteiger charge is -2.09. The number of aryl methyl sites for hydroxylation is 1. The van der Waals surface area contributed by atoms with Crippen molar-refractivity contribution < 1.29 is 22.0 Å². The van der Waals surface area contributed by atoms with Crippen LogP contribution in [0, 0.1) is 11.6 Å². The highest BCUT2D eigenvalue weighted by Gasteiger charge is 2.37. The van der Waals surface area contributed by atoms with Gasteiger partial charge >= 0.3 is 6.18 Å². The van der Waals surface area contributed by atoms with Gasteiger partial charge in [0.2, 0.25) is 0 Å². The number of alkyl halides is 3. The van der Waals surface area contributed by atoms with E-state index < -0.39 is 23.4 Å². The maximum absolute atomic E-state index is 13.4. The number of rotatable bonds is 6. The van der Waals surface area contributed by atoms with Gasteiger partial charge in [0.1, 0.15) is 17.2 Å². The van der Waals surface area contributed by atoms with E-state index in [0.29, 0.717) is 12.1 Å². The molecule has 0 saturated heterocycles. The Hall–Kier alpha value is -2.57. The van der Waals surface area contributed by atoms with E-state index in [1.165, 1.54) is 11.8 Å². The third-order valence-corrected chi connectivity index (χ3v) is 3.63. The molecule has 138 valence electrons. The molecule has 0 radical (unpaired) electrons. The number of unbranched alkanes of at least 4 members (excludes halogenated alkanes) is 1. The van der Waals surface area contributed by atoms with Crippen molar-refractivity contribution in [1.82, 2.24) is 0 Å². The lowest BCUT2D eigenvalue weighted by atomic mass is 10.1. The van der Waals surface area contributed by atoms with E-state index >= 15 is 0 Å². The predicted octanol–water partition coefficient (Wildman–Crippen LogP) is 5.78. The van der Waals surface area contributed by atoms with Crippen LogP contribution in [0.3, 0.4) is 0 Å². The van der Waals surface area contributed by atoms with Crippen molar-refractivity contribution >= 4 is 12.4 Å². The normalized spacial score (nSPS) is 12.4. The summed E-state index contributed by atoms with van der Waals surface area (Å²) in [5.41, 5.74) is -0.0724. The molecular formula is C19H17F5N2. The van der Waals surface area contributed by atoms with Gasteiger partial charge in [0.15, 0.2) is 0 Å². The van der Waals surface area contributed by atoms with Gasteiger partial charge in [-0.25, -0.2) is 8.78 Å². The fourth-order valence-electron chi connectivity index (χ4n) is 2.29. The van der Waals surface area contributed by atoms with E-state index in [0.717, 1.165) is 31.0 Å². The topological polar surface area (TPSA) is 24.7 Å². The Morgan fingerprint density at radius 2 is 1.42 bits per heavy atom. The van der Waals surface area contributed by atoms with Crippen LogP contribution in [0.2, 0.25) is 0 Å². The fourth-order valence-corrected chi connectivity index (χ4v) is 2.29. The molecule has 26 heavy (non-hydrogen) atoms. The zero-order valence-electron chi connectivity index (χ0n) is 14.0. The minimum atomic E-state index is -5.09. The molecule has 0 unspecified atom stereocenters. The van der Waals surface area contributed by atoms with Gasteiger partial charge in [0, 0.05) is 5.56 Å². The molecule has 0 aliphatic rings. The first kappa shape index (κ1) is 19.8. The highest BCUT2D eigenvalue weighted by molar-refractivity contribution is 5.82. The van der Waals surface area contributed by atoms with Gasteiger partial charge in [0.25, 0.3) is 0 Å². The molecule has 0 aliphatic heterocycles. The lowest BCUT2D eigenvalue weighted by Crippen LogP contribution is -2.11. The summed E-state index contributed by atoms with van der Waals surface area (Å²) < 4.78 is 64.4. The van der Waals surface area contributed by atoms with Crippen LogP contribution in [0.25, 0.3) is 0 Å². The first-order valence-corrected chi connectivity index (χ1v) is 8.03. The maximum Gasteiger partial charge on any atom is 0.422 e. The molecule has 2 aromatic rings. The van der Waals surface area contributed by atoms with Crippen molar-refractivity contribution in [2.75, 3.05) is 0 Å². The molecule has 2 nitrogen and oxygen atoms in total. The van der Waals surface area contributed by atoms with Crippen LogP contribution in [0.5, 0.6) is 0 Å². The van der Waals surface area contributed by atoms with Crippen molar-refractivity contribution in [2.45, 2.75) is 32.4 Å². The highest BCUT2D eigenvalue weighted by Crippen LogP contribution is 2.33. The number of nitrogens with zero attached hydrogens (tertiary/aromatic N) is 2. The van der Waals surface area contributed by atoms with Crippen LogP contribution in [0.4, 0.5) is 22.0 Å². The largest absolute Gasteiger partial charge is 0.422 e. The van der Waals surface area contributed by atoms with Crippen molar-refractivity contribution in [2.24, 2.45) is 10.2 Å². The lowest BCUT2D eigenvalue weighted by molar-refractivity contribution is -0.142. The molecule has 0 amide bonds. The van der Waals surface area contributed by atoms with E-state index in [-0.39, 0.29) is 5.56 Å². The number of benzene rings is 2. The van der Waals surface area contributed by atoms with Crippen molar-refractivity contribution in [3.05, 3.63) is 70.3 Å². The number of halogens is 5. The molecule has 2 rings (SSSR count). The Balaban J connectivity index is 2.05. The summed E-state index contributed by atoms with van der Waals surface area (Å²) in [7, 11) is 0. The second kappa shape index (κ2) is 8.69. The Morgan fingerprint density at radius 3 is 1.92 bits per heavy atom.